The number of hydrogen-bond acceptors (Lipinski definition) is 3. The van der Waals surface area contributed by atoms with Crippen molar-refractivity contribution in [2.24, 2.45) is 0 Å². The zero-order valence-corrected chi connectivity index (χ0v) is 11.1. The molecule has 1 rings (SSSR count). The minimum Gasteiger partial charge on any atom is -0.487 e. The zero-order chi connectivity index (χ0) is 14.3. The number of halogens is 2. The first kappa shape index (κ1) is 15.4. The van der Waals surface area contributed by atoms with Crippen LogP contribution >= 0.6 is 0 Å². The van der Waals surface area contributed by atoms with Crippen LogP contribution in [0.25, 0.3) is 0 Å². The molecule has 0 bridgehead atoms. The van der Waals surface area contributed by atoms with Crippen LogP contribution in [0.15, 0.2) is 18.2 Å². The van der Waals surface area contributed by atoms with E-state index >= 15 is 0 Å². The van der Waals surface area contributed by atoms with Gasteiger partial charge in [0.1, 0.15) is 32.3 Å². The minimum absolute atomic E-state index is 0.0345. The number of para-hydroxylation sites is 1. The second kappa shape index (κ2) is 7.71. The van der Waals surface area contributed by atoms with Gasteiger partial charge in [-0.05, 0) is 13.0 Å². The minimum atomic E-state index is -0.647. The lowest BCUT2D eigenvalue weighted by molar-refractivity contribution is -0.118. The van der Waals surface area contributed by atoms with Crippen molar-refractivity contribution in [2.75, 3.05) is 26.6 Å². The van der Waals surface area contributed by atoms with Crippen molar-refractivity contribution in [3.63, 3.8) is 0 Å². The molecular formula is C14H18F2O3. The van der Waals surface area contributed by atoms with Crippen LogP contribution in [-0.2, 0) is 4.79 Å². The number of benzene rings is 1. The van der Waals surface area contributed by atoms with E-state index < -0.39 is 13.3 Å². The van der Waals surface area contributed by atoms with E-state index in [0.717, 1.165) is 0 Å². The number of carbonyl (C=O) groups excluding carboxylic acids is 1. The average Bonchev–Trinajstić information content (AvgIpc) is 2.42. The zero-order valence-electron chi connectivity index (χ0n) is 11.1. The maximum Gasteiger partial charge on any atom is 0.165 e. The first-order valence-electron chi connectivity index (χ1n) is 6.12. The molecular weight excluding hydrogens is 254 g/mol. The molecule has 0 radical (unpaired) electrons. The fraction of sp³-hybridized carbons (Fsp3) is 0.500. The summed E-state index contributed by atoms with van der Waals surface area (Å²) in [5.41, 5.74) is 0.623. The summed E-state index contributed by atoms with van der Waals surface area (Å²) in [6.45, 7) is 1.69. The van der Waals surface area contributed by atoms with Crippen LogP contribution in [-0.4, -0.2) is 32.3 Å². The number of carbonyl (C=O) groups is 1. The average molecular weight is 272 g/mol. The molecule has 3 nitrogen and oxygen atoms in total. The number of ketones is 1. The lowest BCUT2D eigenvalue weighted by Crippen LogP contribution is -2.10. The number of ether oxygens (including phenoxy) is 2. The molecule has 0 amide bonds. The summed E-state index contributed by atoms with van der Waals surface area (Å²) in [7, 11) is 0. The molecule has 0 aliphatic heterocycles. The number of hydrogen-bond donors (Lipinski definition) is 0. The Morgan fingerprint density at radius 1 is 1.21 bits per heavy atom. The van der Waals surface area contributed by atoms with Crippen LogP contribution in [0.2, 0.25) is 0 Å². The van der Waals surface area contributed by atoms with Crippen molar-refractivity contribution in [3.8, 4) is 11.5 Å². The molecule has 0 aliphatic carbocycles. The standard InChI is InChI=1S/C14H18F2O3/c1-10(11(2)17)12-4-3-5-13(18-8-6-15)14(12)19-9-7-16/h3-5,10H,6-9H2,1-2H3. The number of Topliss-reactive ketones (excluding diaryl/α,β-unsaturated/α-hetero) is 1. The predicted octanol–water partition coefficient (Wildman–Crippen LogP) is 3.08. The lowest BCUT2D eigenvalue weighted by atomic mass is 9.96. The van der Waals surface area contributed by atoms with Gasteiger partial charge in [0.2, 0.25) is 0 Å². The normalized spacial score (nSPS) is 12.0. The van der Waals surface area contributed by atoms with Crippen LogP contribution < -0.4 is 9.47 Å². The lowest BCUT2D eigenvalue weighted by Gasteiger charge is -2.18. The maximum atomic E-state index is 12.3. The fourth-order valence-corrected chi connectivity index (χ4v) is 1.65. The van der Waals surface area contributed by atoms with Gasteiger partial charge in [-0.25, -0.2) is 8.78 Å². The van der Waals surface area contributed by atoms with Gasteiger partial charge in [-0.3, -0.25) is 4.79 Å². The third kappa shape index (κ3) is 4.19. The molecule has 0 fully saturated rings. The van der Waals surface area contributed by atoms with E-state index in [-0.39, 0.29) is 24.9 Å². The van der Waals surface area contributed by atoms with E-state index in [1.165, 1.54) is 6.92 Å². The Morgan fingerprint density at radius 3 is 2.42 bits per heavy atom. The van der Waals surface area contributed by atoms with Crippen LogP contribution in [0.4, 0.5) is 8.78 Å². The maximum absolute atomic E-state index is 12.3. The summed E-state index contributed by atoms with van der Waals surface area (Å²) in [5, 5.41) is 0. The first-order valence-corrected chi connectivity index (χ1v) is 6.12. The molecule has 1 unspecified atom stereocenters. The highest BCUT2D eigenvalue weighted by Crippen LogP contribution is 2.36. The van der Waals surface area contributed by atoms with E-state index in [9.17, 15) is 13.6 Å². The van der Waals surface area contributed by atoms with Crippen molar-refractivity contribution in [3.05, 3.63) is 23.8 Å². The summed E-state index contributed by atoms with van der Waals surface area (Å²) >= 11 is 0. The van der Waals surface area contributed by atoms with Gasteiger partial charge in [-0.1, -0.05) is 19.1 Å². The molecule has 0 saturated carbocycles. The van der Waals surface area contributed by atoms with Gasteiger partial charge in [-0.15, -0.1) is 0 Å². The smallest absolute Gasteiger partial charge is 0.165 e. The largest absolute Gasteiger partial charge is 0.487 e. The molecule has 1 atom stereocenters. The molecule has 0 aromatic heterocycles. The van der Waals surface area contributed by atoms with Crippen molar-refractivity contribution in [1.29, 1.82) is 0 Å². The third-order valence-corrected chi connectivity index (χ3v) is 2.74. The van der Waals surface area contributed by atoms with Gasteiger partial charge in [0, 0.05) is 11.5 Å². The second-order valence-electron chi connectivity index (χ2n) is 4.08. The third-order valence-electron chi connectivity index (χ3n) is 2.74. The van der Waals surface area contributed by atoms with Gasteiger partial charge in [0.05, 0.1) is 0 Å². The summed E-state index contributed by atoms with van der Waals surface area (Å²) < 4.78 is 35.0. The Balaban J connectivity index is 3.09. The SMILES string of the molecule is CC(=O)C(C)c1cccc(OCCF)c1OCCF. The Morgan fingerprint density at radius 2 is 1.84 bits per heavy atom. The van der Waals surface area contributed by atoms with Crippen LogP contribution in [0.3, 0.4) is 0 Å². The van der Waals surface area contributed by atoms with Crippen LogP contribution in [0.5, 0.6) is 11.5 Å². The second-order valence-corrected chi connectivity index (χ2v) is 4.08. The summed E-state index contributed by atoms with van der Waals surface area (Å²) in [6.07, 6.45) is 0. The number of rotatable bonds is 8. The van der Waals surface area contributed by atoms with Gasteiger partial charge in [0.15, 0.2) is 11.5 Å². The molecule has 1 aromatic rings. The molecule has 0 heterocycles. The van der Waals surface area contributed by atoms with E-state index in [4.69, 9.17) is 9.47 Å². The highest BCUT2D eigenvalue weighted by molar-refractivity contribution is 5.84. The van der Waals surface area contributed by atoms with E-state index in [2.05, 4.69) is 0 Å². The Bertz CT molecular complexity index is 421. The molecule has 0 aliphatic rings. The van der Waals surface area contributed by atoms with E-state index in [1.807, 2.05) is 0 Å². The first-order chi connectivity index (χ1) is 9.11. The summed E-state index contributed by atoms with van der Waals surface area (Å²) in [5.74, 6) is 0.226. The van der Waals surface area contributed by atoms with E-state index in [1.54, 1.807) is 25.1 Å². The Kier molecular flexibility index (Phi) is 6.25. The van der Waals surface area contributed by atoms with Crippen molar-refractivity contribution < 1.29 is 23.0 Å². The monoisotopic (exact) mass is 272 g/mol. The van der Waals surface area contributed by atoms with Crippen molar-refractivity contribution in [1.82, 2.24) is 0 Å². The molecule has 5 heteroatoms. The Hall–Kier alpha value is -1.65. The molecule has 0 spiro atoms. The predicted molar refractivity (Wildman–Crippen MR) is 68.5 cm³/mol. The molecule has 1 aromatic carbocycles. The summed E-state index contributed by atoms with van der Waals surface area (Å²) in [6, 6.07) is 5.03. The summed E-state index contributed by atoms with van der Waals surface area (Å²) in [4.78, 5) is 11.5. The molecule has 19 heavy (non-hydrogen) atoms. The quantitative estimate of drug-likeness (QED) is 0.729. The molecule has 0 saturated heterocycles. The fourth-order valence-electron chi connectivity index (χ4n) is 1.65. The van der Waals surface area contributed by atoms with Crippen LogP contribution in [0, 0.1) is 0 Å². The van der Waals surface area contributed by atoms with Crippen molar-refractivity contribution >= 4 is 5.78 Å². The van der Waals surface area contributed by atoms with Gasteiger partial charge >= 0.3 is 0 Å². The Labute approximate surface area is 111 Å². The molecule has 0 N–H and O–H groups in total. The highest BCUT2D eigenvalue weighted by Gasteiger charge is 2.19. The van der Waals surface area contributed by atoms with Gasteiger partial charge in [0.25, 0.3) is 0 Å². The van der Waals surface area contributed by atoms with Gasteiger partial charge < -0.3 is 9.47 Å². The molecule has 106 valence electrons. The highest BCUT2D eigenvalue weighted by atomic mass is 19.1. The van der Waals surface area contributed by atoms with Crippen LogP contribution in [0.1, 0.15) is 25.3 Å². The van der Waals surface area contributed by atoms with E-state index in [0.29, 0.717) is 17.1 Å². The van der Waals surface area contributed by atoms with Gasteiger partial charge in [-0.2, -0.15) is 0 Å². The topological polar surface area (TPSA) is 35.5 Å². The van der Waals surface area contributed by atoms with Crippen molar-refractivity contribution in [2.45, 2.75) is 19.8 Å². The number of alkyl halides is 2.